The quantitative estimate of drug-likeness (QED) is 0.456. The van der Waals surface area contributed by atoms with E-state index in [9.17, 15) is 23.1 Å². The van der Waals surface area contributed by atoms with E-state index >= 15 is 0 Å². The van der Waals surface area contributed by atoms with Crippen molar-refractivity contribution in [2.45, 2.75) is 90.0 Å². The Balaban J connectivity index is 1.95. The van der Waals surface area contributed by atoms with E-state index in [0.717, 1.165) is 61.1 Å². The molecule has 0 spiro atoms. The van der Waals surface area contributed by atoms with Gasteiger partial charge in [0.25, 0.3) is 0 Å². The molecule has 2 aliphatic carbocycles. The Morgan fingerprint density at radius 2 is 1.74 bits per heavy atom. The first kappa shape index (κ1) is 25.8. The van der Waals surface area contributed by atoms with E-state index < -0.39 is 23.9 Å². The Bertz CT molecular complexity index is 1090. The molecule has 1 aromatic heterocycles. The molecule has 2 aromatic rings. The zero-order valence-electron chi connectivity index (χ0n) is 20.8. The van der Waals surface area contributed by atoms with Gasteiger partial charge in [0, 0.05) is 23.9 Å². The van der Waals surface area contributed by atoms with Gasteiger partial charge in [0.05, 0.1) is 29.0 Å². The van der Waals surface area contributed by atoms with Crippen LogP contribution in [0, 0.1) is 5.41 Å². The molecule has 1 heterocycles. The van der Waals surface area contributed by atoms with E-state index in [4.69, 9.17) is 9.72 Å². The van der Waals surface area contributed by atoms with E-state index in [-0.39, 0.29) is 22.7 Å². The fourth-order valence-electron chi connectivity index (χ4n) is 5.76. The van der Waals surface area contributed by atoms with Crippen LogP contribution in [0.1, 0.15) is 121 Å². The van der Waals surface area contributed by atoms with Crippen LogP contribution in [0.3, 0.4) is 0 Å². The molecule has 0 aliphatic heterocycles. The number of hydrogen-bond donors (Lipinski definition) is 1. The van der Waals surface area contributed by atoms with Crippen molar-refractivity contribution >= 4 is 5.78 Å². The second kappa shape index (κ2) is 9.66. The number of nitrogens with zero attached hydrogens (tertiary/aromatic N) is 1. The zero-order valence-corrected chi connectivity index (χ0v) is 20.8. The molecule has 0 radical (unpaired) electrons. The van der Waals surface area contributed by atoms with Gasteiger partial charge in [-0.25, -0.2) is 0 Å². The van der Waals surface area contributed by atoms with Crippen molar-refractivity contribution in [3.63, 3.8) is 0 Å². The minimum atomic E-state index is -4.48. The molecule has 1 saturated carbocycles. The topological polar surface area (TPSA) is 59.4 Å². The first-order chi connectivity index (χ1) is 16.4. The average Bonchev–Trinajstić information content (AvgIpc) is 2.81. The number of carbonyl (C=O) groups excluding carboxylic acids is 1. The second-order valence-electron chi connectivity index (χ2n) is 10.8. The lowest BCUT2D eigenvalue weighted by molar-refractivity contribution is -0.137. The van der Waals surface area contributed by atoms with Gasteiger partial charge >= 0.3 is 6.18 Å². The maximum Gasteiger partial charge on any atom is 0.416 e. The third kappa shape index (κ3) is 5.17. The van der Waals surface area contributed by atoms with Gasteiger partial charge in [0.2, 0.25) is 0 Å². The molecular weight excluding hydrogens is 455 g/mol. The summed E-state index contributed by atoms with van der Waals surface area (Å²) in [6.45, 7) is 6.02. The Labute approximate surface area is 204 Å². The molecule has 2 atom stereocenters. The molecule has 0 amide bonds. The summed E-state index contributed by atoms with van der Waals surface area (Å²) >= 11 is 0. The number of halogens is 3. The van der Waals surface area contributed by atoms with Crippen LogP contribution in [0.15, 0.2) is 24.3 Å². The van der Waals surface area contributed by atoms with E-state index in [1.807, 2.05) is 6.92 Å². The summed E-state index contributed by atoms with van der Waals surface area (Å²) < 4.78 is 45.0. The number of aliphatic hydroxyl groups excluding tert-OH is 1. The van der Waals surface area contributed by atoms with Crippen LogP contribution in [-0.4, -0.2) is 23.0 Å². The number of alkyl halides is 3. The lowest BCUT2D eigenvalue weighted by Gasteiger charge is -2.38. The van der Waals surface area contributed by atoms with Gasteiger partial charge in [0.15, 0.2) is 5.78 Å². The Morgan fingerprint density at radius 1 is 1.11 bits per heavy atom. The number of pyridine rings is 1. The second-order valence-corrected chi connectivity index (χ2v) is 10.8. The molecule has 4 rings (SSSR count). The molecule has 7 heteroatoms. The van der Waals surface area contributed by atoms with Gasteiger partial charge in [-0.1, -0.05) is 45.2 Å². The molecule has 0 saturated heterocycles. The SMILES string of the molecule is COC(C)c1nc2c(c(C3CCCCC3)c1C(=O)c1ccc(C(F)(F)F)cc1)C(O)CC(C)(C)C2. The number of aromatic nitrogens is 1. The Kier molecular flexibility index (Phi) is 7.13. The number of benzene rings is 1. The third-order valence-corrected chi connectivity index (χ3v) is 7.56. The minimum Gasteiger partial charge on any atom is -0.388 e. The summed E-state index contributed by atoms with van der Waals surface area (Å²) in [5, 5.41) is 11.3. The number of hydrogen-bond acceptors (Lipinski definition) is 4. The predicted molar refractivity (Wildman–Crippen MR) is 127 cm³/mol. The molecule has 1 aromatic carbocycles. The van der Waals surface area contributed by atoms with Crippen LogP contribution < -0.4 is 0 Å². The van der Waals surface area contributed by atoms with Crippen LogP contribution in [0.2, 0.25) is 0 Å². The highest BCUT2D eigenvalue weighted by atomic mass is 19.4. The molecule has 0 bridgehead atoms. The lowest BCUT2D eigenvalue weighted by Crippen LogP contribution is -2.31. The summed E-state index contributed by atoms with van der Waals surface area (Å²) in [5.41, 5.74) is 2.51. The Morgan fingerprint density at radius 3 is 2.31 bits per heavy atom. The van der Waals surface area contributed by atoms with Crippen LogP contribution in [-0.2, 0) is 17.3 Å². The summed E-state index contributed by atoms with van der Waals surface area (Å²) in [5.74, 6) is -0.280. The van der Waals surface area contributed by atoms with Gasteiger partial charge in [-0.2, -0.15) is 13.2 Å². The van der Waals surface area contributed by atoms with Crippen LogP contribution in [0.5, 0.6) is 0 Å². The first-order valence-corrected chi connectivity index (χ1v) is 12.4. The van der Waals surface area contributed by atoms with E-state index in [1.54, 1.807) is 7.11 Å². The monoisotopic (exact) mass is 489 g/mol. The summed E-state index contributed by atoms with van der Waals surface area (Å²) in [7, 11) is 1.55. The molecule has 1 N–H and O–H groups in total. The first-order valence-electron chi connectivity index (χ1n) is 12.4. The highest BCUT2D eigenvalue weighted by Crippen LogP contribution is 2.48. The van der Waals surface area contributed by atoms with E-state index in [0.29, 0.717) is 24.1 Å². The van der Waals surface area contributed by atoms with Crippen molar-refractivity contribution in [2.24, 2.45) is 5.41 Å². The fourth-order valence-corrected chi connectivity index (χ4v) is 5.76. The zero-order chi connectivity index (χ0) is 25.5. The van der Waals surface area contributed by atoms with Gasteiger partial charge in [-0.05, 0) is 61.6 Å². The van der Waals surface area contributed by atoms with Crippen molar-refractivity contribution < 1.29 is 27.8 Å². The summed E-state index contributed by atoms with van der Waals surface area (Å²) in [6.07, 6.45) is 0.534. The van der Waals surface area contributed by atoms with Crippen molar-refractivity contribution in [3.05, 3.63) is 63.5 Å². The number of carbonyl (C=O) groups is 1. The molecule has 190 valence electrons. The van der Waals surface area contributed by atoms with Crippen LogP contribution in [0.4, 0.5) is 13.2 Å². The van der Waals surface area contributed by atoms with Crippen LogP contribution >= 0.6 is 0 Å². The van der Waals surface area contributed by atoms with Gasteiger partial charge in [0.1, 0.15) is 0 Å². The maximum absolute atomic E-state index is 14.0. The summed E-state index contributed by atoms with van der Waals surface area (Å²) in [6, 6.07) is 4.35. The van der Waals surface area contributed by atoms with Gasteiger partial charge in [-0.15, -0.1) is 0 Å². The largest absolute Gasteiger partial charge is 0.416 e. The van der Waals surface area contributed by atoms with E-state index in [2.05, 4.69) is 13.8 Å². The molecule has 35 heavy (non-hydrogen) atoms. The maximum atomic E-state index is 14.0. The number of ketones is 1. The number of fused-ring (bicyclic) bond motifs is 1. The molecule has 2 unspecified atom stereocenters. The fraction of sp³-hybridized carbons (Fsp3) is 0.571. The minimum absolute atomic E-state index is 0.0903. The standard InChI is InChI=1S/C28H34F3NO3/c1-16(35-4)25-24(26(34)18-10-12-19(13-11-18)28(29,30)31)22(17-8-6-5-7-9-17)23-20(32-25)14-27(2,3)15-21(23)33/h10-13,16-17,21,33H,5-9,14-15H2,1-4H3. The number of ether oxygens (including phenoxy) is 1. The summed E-state index contributed by atoms with van der Waals surface area (Å²) in [4.78, 5) is 18.9. The van der Waals surface area contributed by atoms with Crippen molar-refractivity contribution in [1.29, 1.82) is 0 Å². The highest BCUT2D eigenvalue weighted by Gasteiger charge is 2.40. The van der Waals surface area contributed by atoms with Crippen molar-refractivity contribution in [1.82, 2.24) is 4.98 Å². The van der Waals surface area contributed by atoms with E-state index in [1.165, 1.54) is 12.1 Å². The number of methoxy groups -OCH3 is 1. The number of aliphatic hydroxyl groups is 1. The molecule has 2 aliphatic rings. The lowest BCUT2D eigenvalue weighted by atomic mass is 9.69. The van der Waals surface area contributed by atoms with Gasteiger partial charge < -0.3 is 9.84 Å². The number of rotatable bonds is 5. The smallest absolute Gasteiger partial charge is 0.388 e. The van der Waals surface area contributed by atoms with Crippen LogP contribution in [0.25, 0.3) is 0 Å². The van der Waals surface area contributed by atoms with Gasteiger partial charge in [-0.3, -0.25) is 9.78 Å². The molecule has 4 nitrogen and oxygen atoms in total. The van der Waals surface area contributed by atoms with Crippen molar-refractivity contribution in [3.8, 4) is 0 Å². The Hall–Kier alpha value is -2.25. The average molecular weight is 490 g/mol. The predicted octanol–water partition coefficient (Wildman–Crippen LogP) is 7.09. The molecular formula is C28H34F3NO3. The normalized spacial score (nSPS) is 21.4. The third-order valence-electron chi connectivity index (χ3n) is 7.56. The molecule has 1 fully saturated rings. The highest BCUT2D eigenvalue weighted by molar-refractivity contribution is 6.11. The van der Waals surface area contributed by atoms with Crippen molar-refractivity contribution in [2.75, 3.05) is 7.11 Å².